The van der Waals surface area contributed by atoms with Crippen molar-refractivity contribution < 1.29 is 19.4 Å². The zero-order chi connectivity index (χ0) is 13.9. The van der Waals surface area contributed by atoms with E-state index in [0.717, 1.165) is 12.8 Å². The van der Waals surface area contributed by atoms with Crippen LogP contribution in [0.2, 0.25) is 0 Å². The summed E-state index contributed by atoms with van der Waals surface area (Å²) in [5, 5.41) is 10.0. The van der Waals surface area contributed by atoms with Crippen LogP contribution >= 0.6 is 0 Å². The maximum absolute atomic E-state index is 12.4. The molecule has 1 aliphatic carbocycles. The Kier molecular flexibility index (Phi) is 5.32. The summed E-state index contributed by atoms with van der Waals surface area (Å²) in [6, 6.07) is 0. The third-order valence-corrected chi connectivity index (χ3v) is 3.91. The van der Waals surface area contributed by atoms with E-state index < -0.39 is 18.0 Å². The van der Waals surface area contributed by atoms with Crippen molar-refractivity contribution in [3.05, 3.63) is 0 Å². The van der Waals surface area contributed by atoms with Crippen LogP contribution in [0.15, 0.2) is 0 Å². The van der Waals surface area contributed by atoms with Gasteiger partial charge in [0.25, 0.3) is 0 Å². The molecule has 0 amide bonds. The van der Waals surface area contributed by atoms with Crippen LogP contribution in [0, 0.1) is 23.7 Å². The molecule has 4 heteroatoms. The lowest BCUT2D eigenvalue weighted by Gasteiger charge is -2.36. The van der Waals surface area contributed by atoms with Crippen LogP contribution in [-0.4, -0.2) is 29.6 Å². The van der Waals surface area contributed by atoms with Gasteiger partial charge in [0.15, 0.2) is 6.10 Å². The number of Topliss-reactive ketones (excluding diaryl/α,β-unsaturated/α-hetero) is 1. The number of carbonyl (C=O) groups is 2. The summed E-state index contributed by atoms with van der Waals surface area (Å²) >= 11 is 0. The van der Waals surface area contributed by atoms with Gasteiger partial charge in [-0.15, -0.1) is 0 Å². The normalized spacial score (nSPS) is 30.3. The summed E-state index contributed by atoms with van der Waals surface area (Å²) in [7, 11) is 0. The lowest BCUT2D eigenvalue weighted by molar-refractivity contribution is -0.163. The fourth-order valence-electron chi connectivity index (χ4n) is 2.79. The number of hydrogen-bond acceptors (Lipinski definition) is 4. The van der Waals surface area contributed by atoms with Crippen molar-refractivity contribution in [2.24, 2.45) is 23.7 Å². The third-order valence-electron chi connectivity index (χ3n) is 3.91. The highest BCUT2D eigenvalue weighted by Crippen LogP contribution is 2.36. The number of rotatable bonds is 4. The summed E-state index contributed by atoms with van der Waals surface area (Å²) in [4.78, 5) is 23.9. The predicted octanol–water partition coefficient (Wildman–Crippen LogP) is 1.80. The van der Waals surface area contributed by atoms with Crippen molar-refractivity contribution in [1.82, 2.24) is 0 Å². The Morgan fingerprint density at radius 3 is 2.56 bits per heavy atom. The molecule has 104 valence electrons. The van der Waals surface area contributed by atoms with Gasteiger partial charge in [-0.1, -0.05) is 20.8 Å². The van der Waals surface area contributed by atoms with Gasteiger partial charge in [-0.2, -0.15) is 0 Å². The van der Waals surface area contributed by atoms with Crippen molar-refractivity contribution in [2.75, 3.05) is 6.61 Å². The first-order valence-electron chi connectivity index (χ1n) is 6.78. The van der Waals surface area contributed by atoms with E-state index in [-0.39, 0.29) is 30.1 Å². The van der Waals surface area contributed by atoms with E-state index in [1.807, 2.05) is 20.8 Å². The van der Waals surface area contributed by atoms with Crippen LogP contribution in [0.3, 0.4) is 0 Å². The number of aliphatic hydroxyl groups is 1. The van der Waals surface area contributed by atoms with Gasteiger partial charge in [-0.25, -0.2) is 4.79 Å². The summed E-state index contributed by atoms with van der Waals surface area (Å²) in [5.41, 5.74) is 0. The van der Waals surface area contributed by atoms with E-state index in [1.165, 1.54) is 0 Å². The number of ketones is 1. The topological polar surface area (TPSA) is 63.6 Å². The number of ether oxygens (including phenoxy) is 1. The Labute approximate surface area is 109 Å². The molecular weight excluding hydrogens is 232 g/mol. The van der Waals surface area contributed by atoms with Gasteiger partial charge in [-0.05, 0) is 31.6 Å². The molecule has 1 fully saturated rings. The highest BCUT2D eigenvalue weighted by Gasteiger charge is 2.43. The monoisotopic (exact) mass is 256 g/mol. The number of hydrogen-bond donors (Lipinski definition) is 1. The predicted molar refractivity (Wildman–Crippen MR) is 67.9 cm³/mol. The van der Waals surface area contributed by atoms with Crippen LogP contribution < -0.4 is 0 Å². The Balaban J connectivity index is 2.83. The van der Waals surface area contributed by atoms with E-state index in [4.69, 9.17) is 4.74 Å². The second-order valence-corrected chi connectivity index (χ2v) is 5.53. The molecule has 0 heterocycles. The van der Waals surface area contributed by atoms with E-state index in [1.54, 1.807) is 6.92 Å². The third kappa shape index (κ3) is 3.10. The zero-order valence-corrected chi connectivity index (χ0v) is 11.7. The first-order valence-corrected chi connectivity index (χ1v) is 6.78. The molecule has 2 unspecified atom stereocenters. The smallest absolute Gasteiger partial charge is 0.335 e. The quantitative estimate of drug-likeness (QED) is 0.779. The molecule has 4 atom stereocenters. The molecule has 1 saturated carbocycles. The first kappa shape index (κ1) is 15.2. The summed E-state index contributed by atoms with van der Waals surface area (Å²) < 4.78 is 4.81. The van der Waals surface area contributed by atoms with Crippen LogP contribution in [-0.2, 0) is 14.3 Å². The molecule has 0 bridgehead atoms. The van der Waals surface area contributed by atoms with Gasteiger partial charge in [0.2, 0.25) is 0 Å². The van der Waals surface area contributed by atoms with Gasteiger partial charge in [0.1, 0.15) is 5.78 Å². The molecule has 1 N–H and O–H groups in total. The Hall–Kier alpha value is -0.900. The summed E-state index contributed by atoms with van der Waals surface area (Å²) in [6.45, 7) is 7.84. The zero-order valence-electron chi connectivity index (χ0n) is 11.7. The maximum atomic E-state index is 12.4. The molecular formula is C14H24O4. The first-order chi connectivity index (χ1) is 8.40. The molecule has 0 aliphatic heterocycles. The Morgan fingerprint density at radius 2 is 2.06 bits per heavy atom. The lowest BCUT2D eigenvalue weighted by Crippen LogP contribution is -2.46. The van der Waals surface area contributed by atoms with Crippen molar-refractivity contribution in [3.8, 4) is 0 Å². The van der Waals surface area contributed by atoms with Gasteiger partial charge in [0, 0.05) is 5.92 Å². The molecule has 1 aliphatic rings. The van der Waals surface area contributed by atoms with Crippen molar-refractivity contribution in [1.29, 1.82) is 0 Å². The highest BCUT2D eigenvalue weighted by atomic mass is 16.5. The molecule has 0 spiro atoms. The van der Waals surface area contributed by atoms with Crippen molar-refractivity contribution >= 4 is 11.8 Å². The maximum Gasteiger partial charge on any atom is 0.335 e. The highest BCUT2D eigenvalue weighted by molar-refractivity contribution is 5.90. The van der Waals surface area contributed by atoms with Crippen LogP contribution in [0.4, 0.5) is 0 Å². The molecule has 0 radical (unpaired) electrons. The fourth-order valence-corrected chi connectivity index (χ4v) is 2.79. The minimum Gasteiger partial charge on any atom is -0.464 e. The molecule has 0 aromatic carbocycles. The minimum absolute atomic E-state index is 0.0179. The number of esters is 1. The van der Waals surface area contributed by atoms with Gasteiger partial charge in [-0.3, -0.25) is 4.79 Å². The molecule has 18 heavy (non-hydrogen) atoms. The van der Waals surface area contributed by atoms with E-state index in [2.05, 4.69) is 0 Å². The molecule has 0 saturated heterocycles. The van der Waals surface area contributed by atoms with E-state index in [9.17, 15) is 14.7 Å². The Morgan fingerprint density at radius 1 is 1.44 bits per heavy atom. The van der Waals surface area contributed by atoms with Crippen molar-refractivity contribution in [3.63, 3.8) is 0 Å². The second-order valence-electron chi connectivity index (χ2n) is 5.53. The van der Waals surface area contributed by atoms with Crippen LogP contribution in [0.5, 0.6) is 0 Å². The average molecular weight is 256 g/mol. The van der Waals surface area contributed by atoms with Crippen molar-refractivity contribution in [2.45, 2.75) is 46.6 Å². The lowest BCUT2D eigenvalue weighted by atomic mass is 9.68. The van der Waals surface area contributed by atoms with E-state index >= 15 is 0 Å². The van der Waals surface area contributed by atoms with Gasteiger partial charge in [0.05, 0.1) is 12.5 Å². The summed E-state index contributed by atoms with van der Waals surface area (Å²) in [6.07, 6.45) is 0.411. The summed E-state index contributed by atoms with van der Waals surface area (Å²) in [5.74, 6) is -1.02. The number of aliphatic hydroxyl groups excluding tert-OH is 1. The Bertz CT molecular complexity index is 311. The second kappa shape index (κ2) is 6.32. The molecule has 1 rings (SSSR count). The van der Waals surface area contributed by atoms with E-state index in [0.29, 0.717) is 0 Å². The van der Waals surface area contributed by atoms with Gasteiger partial charge >= 0.3 is 5.97 Å². The molecule has 4 nitrogen and oxygen atoms in total. The van der Waals surface area contributed by atoms with Crippen LogP contribution in [0.25, 0.3) is 0 Å². The average Bonchev–Trinajstić information content (AvgIpc) is 2.28. The molecule has 0 aromatic rings. The number of carbonyl (C=O) groups excluding carboxylic acids is 2. The standard InChI is InChI=1S/C14H24O4/c1-5-18-14(17)13(16)11-9(4)6-7-10(8(2)3)12(11)15/h8-11,13,16H,5-7H2,1-4H3/t9-,10+,11?,13?/m1/s1. The van der Waals surface area contributed by atoms with Gasteiger partial charge < -0.3 is 9.84 Å². The largest absolute Gasteiger partial charge is 0.464 e. The fraction of sp³-hybridized carbons (Fsp3) is 0.857. The molecule has 0 aromatic heterocycles. The minimum atomic E-state index is -1.31. The SMILES string of the molecule is CCOC(=O)C(O)C1C(=O)[C@H](C(C)C)CC[C@H]1C. The van der Waals surface area contributed by atoms with Crippen LogP contribution in [0.1, 0.15) is 40.5 Å².